The molecule has 34 heavy (non-hydrogen) atoms. The highest BCUT2D eigenvalue weighted by molar-refractivity contribution is 7.99. The van der Waals surface area contributed by atoms with E-state index in [1.165, 1.54) is 17.3 Å². The summed E-state index contributed by atoms with van der Waals surface area (Å²) in [5.41, 5.74) is 3.07. The number of carbonyl (C=O) groups is 2. The molecule has 2 heterocycles. The zero-order valence-electron chi connectivity index (χ0n) is 19.4. The predicted octanol–water partition coefficient (Wildman–Crippen LogP) is 4.07. The molecule has 1 aromatic heterocycles. The number of thioether (sulfide) groups is 1. The van der Waals surface area contributed by atoms with Crippen LogP contribution in [0.3, 0.4) is 0 Å². The minimum Gasteiger partial charge on any atom is -0.450 e. The Balaban J connectivity index is 1.41. The fourth-order valence-corrected chi connectivity index (χ4v) is 4.65. The van der Waals surface area contributed by atoms with E-state index in [-0.39, 0.29) is 23.8 Å². The molecular formula is C25H29N5O3S. The van der Waals surface area contributed by atoms with E-state index in [9.17, 15) is 9.59 Å². The van der Waals surface area contributed by atoms with Gasteiger partial charge in [-0.15, -0.1) is 10.2 Å². The van der Waals surface area contributed by atoms with Gasteiger partial charge in [0.05, 0.1) is 12.4 Å². The van der Waals surface area contributed by atoms with E-state index < -0.39 is 0 Å². The Kier molecular flexibility index (Phi) is 7.84. The summed E-state index contributed by atoms with van der Waals surface area (Å²) in [5.74, 6) is 0.912. The number of carbonyl (C=O) groups excluding carboxylic acids is 2. The first-order chi connectivity index (χ1) is 16.5. The van der Waals surface area contributed by atoms with E-state index in [0.717, 1.165) is 17.1 Å². The van der Waals surface area contributed by atoms with Crippen molar-refractivity contribution in [3.8, 4) is 17.1 Å². The molecule has 1 aliphatic heterocycles. The van der Waals surface area contributed by atoms with Crippen molar-refractivity contribution in [2.75, 3.05) is 25.4 Å². The molecule has 2 amide bonds. The van der Waals surface area contributed by atoms with E-state index in [2.05, 4.69) is 15.5 Å². The van der Waals surface area contributed by atoms with Gasteiger partial charge in [0.2, 0.25) is 5.91 Å². The third-order valence-electron chi connectivity index (χ3n) is 5.68. The Morgan fingerprint density at radius 3 is 2.44 bits per heavy atom. The number of amides is 2. The predicted molar refractivity (Wildman–Crippen MR) is 132 cm³/mol. The van der Waals surface area contributed by atoms with E-state index in [1.807, 2.05) is 66.1 Å². The molecule has 0 bridgehead atoms. The van der Waals surface area contributed by atoms with Gasteiger partial charge in [0, 0.05) is 30.4 Å². The molecule has 8 nitrogen and oxygen atoms in total. The average molecular weight is 480 g/mol. The van der Waals surface area contributed by atoms with Crippen molar-refractivity contribution in [3.05, 3.63) is 60.2 Å². The van der Waals surface area contributed by atoms with Gasteiger partial charge in [-0.05, 0) is 38.8 Å². The molecule has 3 aromatic rings. The van der Waals surface area contributed by atoms with Gasteiger partial charge in [-0.1, -0.05) is 59.8 Å². The van der Waals surface area contributed by atoms with Crippen LogP contribution in [0.2, 0.25) is 0 Å². The molecule has 1 N–H and O–H groups in total. The standard InChI is InChI=1S/C25H29N5O3S/c1-3-33-25(32)29-15-13-20(14-16-29)26-22(31)17-34-24-28-27-23(19-7-5-4-6-8-19)30(24)21-11-9-18(2)10-12-21/h4-12,20H,3,13-17H2,1-2H3,(H,26,31). The first kappa shape index (κ1) is 23.8. The van der Waals surface area contributed by atoms with E-state index in [0.29, 0.717) is 37.7 Å². The van der Waals surface area contributed by atoms with Crippen LogP contribution in [0, 0.1) is 6.92 Å². The zero-order chi connectivity index (χ0) is 23.9. The van der Waals surface area contributed by atoms with E-state index in [4.69, 9.17) is 4.74 Å². The summed E-state index contributed by atoms with van der Waals surface area (Å²) >= 11 is 1.36. The molecule has 0 atom stereocenters. The van der Waals surface area contributed by atoms with Gasteiger partial charge in [0.15, 0.2) is 11.0 Å². The number of piperidine rings is 1. The third-order valence-corrected chi connectivity index (χ3v) is 6.60. The topological polar surface area (TPSA) is 89.3 Å². The second-order valence-corrected chi connectivity index (χ2v) is 9.10. The highest BCUT2D eigenvalue weighted by atomic mass is 32.2. The van der Waals surface area contributed by atoms with Crippen molar-refractivity contribution in [2.45, 2.75) is 37.9 Å². The lowest BCUT2D eigenvalue weighted by molar-refractivity contribution is -0.119. The van der Waals surface area contributed by atoms with Crippen molar-refractivity contribution in [1.82, 2.24) is 25.0 Å². The summed E-state index contributed by atoms with van der Waals surface area (Å²) in [5, 5.41) is 12.6. The van der Waals surface area contributed by atoms with Crippen LogP contribution in [-0.2, 0) is 9.53 Å². The molecule has 178 valence electrons. The normalized spacial score (nSPS) is 14.1. The molecule has 9 heteroatoms. The summed E-state index contributed by atoms with van der Waals surface area (Å²) in [6.45, 7) is 5.38. The number of nitrogens with one attached hydrogen (secondary N) is 1. The summed E-state index contributed by atoms with van der Waals surface area (Å²) in [4.78, 5) is 26.2. The summed E-state index contributed by atoms with van der Waals surface area (Å²) in [7, 11) is 0. The van der Waals surface area contributed by atoms with Gasteiger partial charge in [0.25, 0.3) is 0 Å². The molecule has 1 fully saturated rings. The number of nitrogens with zero attached hydrogens (tertiary/aromatic N) is 4. The number of ether oxygens (including phenoxy) is 1. The Bertz CT molecular complexity index is 1110. The van der Waals surface area contributed by atoms with Gasteiger partial charge in [-0.3, -0.25) is 9.36 Å². The quantitative estimate of drug-likeness (QED) is 0.514. The summed E-state index contributed by atoms with van der Waals surface area (Å²) in [6.07, 6.45) is 1.15. The Morgan fingerprint density at radius 1 is 1.06 bits per heavy atom. The molecular weight excluding hydrogens is 450 g/mol. The second kappa shape index (κ2) is 11.2. The minimum atomic E-state index is -0.285. The van der Waals surface area contributed by atoms with Crippen LogP contribution in [-0.4, -0.2) is 63.2 Å². The molecule has 2 aromatic carbocycles. The van der Waals surface area contributed by atoms with Crippen LogP contribution < -0.4 is 5.32 Å². The molecule has 0 saturated carbocycles. The van der Waals surface area contributed by atoms with Crippen LogP contribution >= 0.6 is 11.8 Å². The first-order valence-corrected chi connectivity index (χ1v) is 12.5. The Morgan fingerprint density at radius 2 is 1.76 bits per heavy atom. The lowest BCUT2D eigenvalue weighted by atomic mass is 10.1. The number of aryl methyl sites for hydroxylation is 1. The fraction of sp³-hybridized carbons (Fsp3) is 0.360. The number of benzene rings is 2. The number of hydrogen-bond donors (Lipinski definition) is 1. The van der Waals surface area contributed by atoms with Gasteiger partial charge in [-0.25, -0.2) is 4.79 Å². The van der Waals surface area contributed by atoms with Gasteiger partial charge in [-0.2, -0.15) is 0 Å². The summed E-state index contributed by atoms with van der Waals surface area (Å²) < 4.78 is 7.05. The minimum absolute atomic E-state index is 0.0497. The molecule has 0 spiro atoms. The Hall–Kier alpha value is -3.33. The maximum absolute atomic E-state index is 12.7. The molecule has 0 unspecified atom stereocenters. The average Bonchev–Trinajstić information content (AvgIpc) is 3.28. The van der Waals surface area contributed by atoms with Crippen LogP contribution in [0.1, 0.15) is 25.3 Å². The molecule has 4 rings (SSSR count). The summed E-state index contributed by atoms with van der Waals surface area (Å²) in [6, 6.07) is 18.1. The SMILES string of the molecule is CCOC(=O)N1CCC(NC(=O)CSc2nnc(-c3ccccc3)n2-c2ccc(C)cc2)CC1. The maximum atomic E-state index is 12.7. The van der Waals surface area contributed by atoms with Crippen molar-refractivity contribution in [3.63, 3.8) is 0 Å². The van der Waals surface area contributed by atoms with Gasteiger partial charge in [0.1, 0.15) is 0 Å². The first-order valence-electron chi connectivity index (χ1n) is 11.5. The van der Waals surface area contributed by atoms with Crippen LogP contribution in [0.4, 0.5) is 4.79 Å². The van der Waals surface area contributed by atoms with Crippen LogP contribution in [0.15, 0.2) is 59.8 Å². The highest BCUT2D eigenvalue weighted by Crippen LogP contribution is 2.28. The highest BCUT2D eigenvalue weighted by Gasteiger charge is 2.25. The lowest BCUT2D eigenvalue weighted by Crippen LogP contribution is -2.47. The number of rotatable bonds is 7. The maximum Gasteiger partial charge on any atom is 0.409 e. The monoisotopic (exact) mass is 479 g/mol. The fourth-order valence-electron chi connectivity index (χ4n) is 3.88. The van der Waals surface area contributed by atoms with Crippen molar-refractivity contribution < 1.29 is 14.3 Å². The van der Waals surface area contributed by atoms with Crippen molar-refractivity contribution in [1.29, 1.82) is 0 Å². The molecule has 1 saturated heterocycles. The number of aromatic nitrogens is 3. The van der Waals surface area contributed by atoms with E-state index >= 15 is 0 Å². The number of likely N-dealkylation sites (tertiary alicyclic amines) is 1. The molecule has 0 aliphatic carbocycles. The van der Waals surface area contributed by atoms with E-state index in [1.54, 1.807) is 11.8 Å². The zero-order valence-corrected chi connectivity index (χ0v) is 20.3. The molecule has 0 radical (unpaired) electrons. The second-order valence-electron chi connectivity index (χ2n) is 8.16. The molecule has 1 aliphatic rings. The lowest BCUT2D eigenvalue weighted by Gasteiger charge is -2.31. The smallest absolute Gasteiger partial charge is 0.409 e. The van der Waals surface area contributed by atoms with Crippen LogP contribution in [0.5, 0.6) is 0 Å². The third kappa shape index (κ3) is 5.77. The van der Waals surface area contributed by atoms with Crippen LogP contribution in [0.25, 0.3) is 17.1 Å². The van der Waals surface area contributed by atoms with Gasteiger partial charge < -0.3 is 15.0 Å². The van der Waals surface area contributed by atoms with Crippen molar-refractivity contribution in [2.24, 2.45) is 0 Å². The van der Waals surface area contributed by atoms with Crippen molar-refractivity contribution >= 4 is 23.8 Å². The number of hydrogen-bond acceptors (Lipinski definition) is 6. The van der Waals surface area contributed by atoms with Gasteiger partial charge >= 0.3 is 6.09 Å². The Labute approximate surface area is 203 Å². The largest absolute Gasteiger partial charge is 0.450 e.